The minimum absolute atomic E-state index is 0.890. The van der Waals surface area contributed by atoms with E-state index in [4.69, 9.17) is 0 Å². The normalized spacial score (nSPS) is 14.7. The first-order chi connectivity index (χ1) is 3.18. The molecule has 0 heterocycles. The van der Waals surface area contributed by atoms with Crippen molar-refractivity contribution in [3.8, 4) is 0 Å². The predicted molar refractivity (Wildman–Crippen MR) is 25.4 cm³/mol. The van der Waals surface area contributed by atoms with Crippen LogP contribution in [0.2, 0.25) is 0 Å². The van der Waals surface area contributed by atoms with Gasteiger partial charge in [-0.2, -0.15) is 0 Å². The summed E-state index contributed by atoms with van der Waals surface area (Å²) in [4.78, 5) is 0. The molecule has 0 aliphatic heterocycles. The number of hydrogen-bond acceptors (Lipinski definition) is 2. The van der Waals surface area contributed by atoms with E-state index in [2.05, 4.69) is 6.92 Å². The third-order valence-electron chi connectivity index (χ3n) is 0.476. The van der Waals surface area contributed by atoms with Gasteiger partial charge in [-0.3, -0.25) is 0 Å². The molecule has 0 aromatic heterocycles. The molecular formula is C3H6FO2S. The highest BCUT2D eigenvalue weighted by Gasteiger charge is 1.99. The summed E-state index contributed by atoms with van der Waals surface area (Å²) in [6.07, 6.45) is 0. The quantitative estimate of drug-likeness (QED) is 0.517. The largest absolute Gasteiger partial charge is 0.250 e. The van der Waals surface area contributed by atoms with Crippen molar-refractivity contribution in [2.24, 2.45) is 0 Å². The number of thiol groups is 1. The van der Waals surface area contributed by atoms with Crippen LogP contribution in [0.3, 0.4) is 0 Å². The second-order valence-electron chi connectivity index (χ2n) is 1.09. The average Bonchev–Trinajstić information content (AvgIpc) is 1.65. The van der Waals surface area contributed by atoms with Gasteiger partial charge in [0, 0.05) is 0 Å². The van der Waals surface area contributed by atoms with Crippen LogP contribution in [0.1, 0.15) is 0 Å². The zero-order chi connectivity index (χ0) is 5.86. The maximum absolute atomic E-state index is 11.2. The highest BCUT2D eigenvalue weighted by Crippen LogP contribution is 1.84. The van der Waals surface area contributed by atoms with Crippen LogP contribution in [0.15, 0.2) is 0 Å². The third-order valence-corrected chi connectivity index (χ3v) is 1.21. The average molecular weight is 125 g/mol. The van der Waals surface area contributed by atoms with Crippen LogP contribution in [0.5, 0.6) is 0 Å². The standard InChI is InChI=1S/C3H6FO2S/c1-3(2-4)7(5)6/h3,7H,1-2H2. The summed E-state index contributed by atoms with van der Waals surface area (Å²) in [6.45, 7) is 2.09. The summed E-state index contributed by atoms with van der Waals surface area (Å²) < 4.78 is 30.5. The third kappa shape index (κ3) is 2.56. The Hall–Kier alpha value is -0.120. The van der Waals surface area contributed by atoms with Gasteiger partial charge in [-0.1, -0.05) is 0 Å². The van der Waals surface area contributed by atoms with Crippen molar-refractivity contribution >= 4 is 10.7 Å². The molecule has 0 saturated carbocycles. The molecule has 7 heavy (non-hydrogen) atoms. The van der Waals surface area contributed by atoms with Crippen LogP contribution < -0.4 is 0 Å². The van der Waals surface area contributed by atoms with Crippen LogP contribution >= 0.6 is 0 Å². The monoisotopic (exact) mass is 125 g/mol. The Labute approximate surface area is 43.3 Å². The van der Waals surface area contributed by atoms with Crippen LogP contribution in [-0.4, -0.2) is 20.3 Å². The Bertz CT molecular complexity index is 102. The molecule has 0 aliphatic rings. The molecule has 43 valence electrons. The fourth-order valence-electron chi connectivity index (χ4n) is 0.0563. The first-order valence-corrected chi connectivity index (χ1v) is 2.95. The summed E-state index contributed by atoms with van der Waals surface area (Å²) in [5.74, 6) is 0. The van der Waals surface area contributed by atoms with Crippen molar-refractivity contribution in [2.45, 2.75) is 5.25 Å². The van der Waals surface area contributed by atoms with Crippen LogP contribution in [0.25, 0.3) is 0 Å². The van der Waals surface area contributed by atoms with E-state index in [0.29, 0.717) is 0 Å². The van der Waals surface area contributed by atoms with E-state index >= 15 is 0 Å². The van der Waals surface area contributed by atoms with Crippen molar-refractivity contribution < 1.29 is 12.8 Å². The SMILES string of the molecule is [CH2]C(CF)[SH](=O)=O. The van der Waals surface area contributed by atoms with Crippen LogP contribution in [0, 0.1) is 6.92 Å². The summed E-state index contributed by atoms with van der Waals surface area (Å²) in [5, 5.41) is -1.06. The first-order valence-electron chi connectivity index (χ1n) is 1.71. The van der Waals surface area contributed by atoms with E-state index in [9.17, 15) is 12.8 Å². The van der Waals surface area contributed by atoms with Gasteiger partial charge in [-0.25, -0.2) is 12.8 Å². The second-order valence-corrected chi connectivity index (χ2v) is 2.39. The van der Waals surface area contributed by atoms with Gasteiger partial charge in [-0.05, 0) is 6.92 Å². The minimum atomic E-state index is -2.65. The lowest BCUT2D eigenvalue weighted by atomic mass is 10.5. The van der Waals surface area contributed by atoms with Gasteiger partial charge in [0.05, 0.1) is 5.25 Å². The van der Waals surface area contributed by atoms with E-state index in [1.165, 1.54) is 0 Å². The molecule has 0 rings (SSSR count). The van der Waals surface area contributed by atoms with Crippen molar-refractivity contribution in [3.63, 3.8) is 0 Å². The number of halogens is 1. The van der Waals surface area contributed by atoms with E-state index in [1.54, 1.807) is 0 Å². The molecule has 0 aliphatic carbocycles. The topological polar surface area (TPSA) is 34.1 Å². The van der Waals surface area contributed by atoms with Crippen molar-refractivity contribution in [1.82, 2.24) is 0 Å². The molecule has 1 radical (unpaired) electrons. The maximum Gasteiger partial charge on any atom is 0.145 e. The fraction of sp³-hybridized carbons (Fsp3) is 0.667. The highest BCUT2D eigenvalue weighted by atomic mass is 32.2. The fourth-order valence-corrected chi connectivity index (χ4v) is 0.169. The molecule has 0 spiro atoms. The Morgan fingerprint density at radius 2 is 2.14 bits per heavy atom. The summed E-state index contributed by atoms with van der Waals surface area (Å²) in [5.41, 5.74) is 0. The summed E-state index contributed by atoms with van der Waals surface area (Å²) >= 11 is 0. The van der Waals surface area contributed by atoms with Gasteiger partial charge in [0.2, 0.25) is 0 Å². The Kier molecular flexibility index (Phi) is 2.91. The van der Waals surface area contributed by atoms with Crippen LogP contribution in [-0.2, 0) is 10.7 Å². The van der Waals surface area contributed by atoms with E-state index < -0.39 is 22.6 Å². The maximum atomic E-state index is 11.2. The summed E-state index contributed by atoms with van der Waals surface area (Å²) in [6, 6.07) is 0. The lowest BCUT2D eigenvalue weighted by Crippen LogP contribution is -2.05. The van der Waals surface area contributed by atoms with Gasteiger partial charge < -0.3 is 0 Å². The number of hydrogen-bond donors (Lipinski definition) is 1. The van der Waals surface area contributed by atoms with Gasteiger partial charge in [-0.15, -0.1) is 0 Å². The molecule has 0 aromatic carbocycles. The zero-order valence-corrected chi connectivity index (χ0v) is 4.53. The molecule has 0 bridgehead atoms. The molecule has 0 aromatic rings. The van der Waals surface area contributed by atoms with Crippen LogP contribution in [0.4, 0.5) is 4.39 Å². The zero-order valence-electron chi connectivity index (χ0n) is 3.63. The van der Waals surface area contributed by atoms with Gasteiger partial charge in [0.25, 0.3) is 0 Å². The molecule has 4 heteroatoms. The Morgan fingerprint density at radius 3 is 2.14 bits per heavy atom. The molecule has 2 nitrogen and oxygen atoms in total. The van der Waals surface area contributed by atoms with Crippen molar-refractivity contribution in [2.75, 3.05) is 6.67 Å². The first kappa shape index (κ1) is 6.88. The molecule has 1 atom stereocenters. The lowest BCUT2D eigenvalue weighted by Gasteiger charge is -1.88. The number of rotatable bonds is 2. The highest BCUT2D eigenvalue weighted by molar-refractivity contribution is 7.73. The van der Waals surface area contributed by atoms with Gasteiger partial charge >= 0.3 is 0 Å². The molecule has 0 N–H and O–H groups in total. The Balaban J connectivity index is 3.57. The molecule has 0 fully saturated rings. The lowest BCUT2D eigenvalue weighted by molar-refractivity contribution is 0.494. The molecule has 0 amide bonds. The Morgan fingerprint density at radius 1 is 1.71 bits per heavy atom. The molecular weight excluding hydrogens is 119 g/mol. The van der Waals surface area contributed by atoms with Crippen molar-refractivity contribution in [3.05, 3.63) is 6.92 Å². The van der Waals surface area contributed by atoms with E-state index in [0.717, 1.165) is 0 Å². The number of alkyl halides is 1. The van der Waals surface area contributed by atoms with Gasteiger partial charge in [0.1, 0.15) is 17.4 Å². The van der Waals surface area contributed by atoms with E-state index in [-0.39, 0.29) is 0 Å². The molecule has 0 saturated heterocycles. The smallest absolute Gasteiger partial charge is 0.145 e. The van der Waals surface area contributed by atoms with Crippen molar-refractivity contribution in [1.29, 1.82) is 0 Å². The summed E-state index contributed by atoms with van der Waals surface area (Å²) in [7, 11) is -2.65. The second kappa shape index (κ2) is 2.96. The predicted octanol–water partition coefficient (Wildman–Crippen LogP) is -0.230. The van der Waals surface area contributed by atoms with Gasteiger partial charge in [0.15, 0.2) is 0 Å². The molecule has 1 unspecified atom stereocenters. The minimum Gasteiger partial charge on any atom is -0.250 e. The van der Waals surface area contributed by atoms with E-state index in [1.807, 2.05) is 0 Å².